The lowest BCUT2D eigenvalue weighted by Crippen LogP contribution is -2.29. The highest BCUT2D eigenvalue weighted by molar-refractivity contribution is 7.20. The first-order chi connectivity index (χ1) is 12.0. The summed E-state index contributed by atoms with van der Waals surface area (Å²) in [5.41, 5.74) is 1.66. The highest BCUT2D eigenvalue weighted by atomic mass is 32.1. The maximum atomic E-state index is 13.3. The molecule has 130 valence electrons. The van der Waals surface area contributed by atoms with E-state index in [1.54, 1.807) is 6.07 Å². The molecule has 5 nitrogen and oxygen atoms in total. The standard InChI is InChI=1S/C18H19FN4OS/c1-10(2)23-17(24)15-11(3)14-16(21-9-22-18(14)25-15)20-8-12-5-4-6-13(19)7-12/h4-7,9-10H,8H2,1-3H3,(H,23,24)(H,20,21,22). The van der Waals surface area contributed by atoms with Gasteiger partial charge in [0.2, 0.25) is 0 Å². The molecule has 2 aromatic heterocycles. The number of benzene rings is 1. The van der Waals surface area contributed by atoms with Crippen LogP contribution in [-0.4, -0.2) is 21.9 Å². The van der Waals surface area contributed by atoms with Crippen molar-refractivity contribution in [2.45, 2.75) is 33.4 Å². The predicted molar refractivity (Wildman–Crippen MR) is 98.5 cm³/mol. The number of carbonyl (C=O) groups excluding carboxylic acids is 1. The summed E-state index contributed by atoms with van der Waals surface area (Å²) in [4.78, 5) is 22.3. The third-order valence-electron chi connectivity index (χ3n) is 3.70. The second kappa shape index (κ2) is 7.14. The fraction of sp³-hybridized carbons (Fsp3) is 0.278. The van der Waals surface area contributed by atoms with Crippen molar-refractivity contribution in [1.82, 2.24) is 15.3 Å². The summed E-state index contributed by atoms with van der Waals surface area (Å²) in [5.74, 6) is 0.268. The van der Waals surface area contributed by atoms with Crippen LogP contribution in [0.3, 0.4) is 0 Å². The number of amides is 1. The van der Waals surface area contributed by atoms with Gasteiger partial charge in [0.05, 0.1) is 10.3 Å². The Hall–Kier alpha value is -2.54. The SMILES string of the molecule is Cc1c(C(=O)NC(C)C)sc2ncnc(NCc3cccc(F)c3)c12. The van der Waals surface area contributed by atoms with Crippen LogP contribution in [0.15, 0.2) is 30.6 Å². The third-order valence-corrected chi connectivity index (χ3v) is 4.90. The van der Waals surface area contributed by atoms with Gasteiger partial charge in [0.25, 0.3) is 5.91 Å². The molecule has 0 aliphatic rings. The molecule has 3 aromatic rings. The van der Waals surface area contributed by atoms with Gasteiger partial charge in [-0.25, -0.2) is 14.4 Å². The Bertz CT molecular complexity index is 923. The maximum Gasteiger partial charge on any atom is 0.261 e. The van der Waals surface area contributed by atoms with Gasteiger partial charge in [-0.1, -0.05) is 12.1 Å². The number of hydrogen-bond donors (Lipinski definition) is 2. The fourth-order valence-corrected chi connectivity index (χ4v) is 3.63. The first-order valence-electron chi connectivity index (χ1n) is 7.99. The molecule has 0 spiro atoms. The summed E-state index contributed by atoms with van der Waals surface area (Å²) in [6.07, 6.45) is 1.47. The Labute approximate surface area is 149 Å². The summed E-state index contributed by atoms with van der Waals surface area (Å²) in [6.45, 7) is 6.18. The minimum atomic E-state index is -0.272. The summed E-state index contributed by atoms with van der Waals surface area (Å²) in [6, 6.07) is 6.47. The molecule has 7 heteroatoms. The number of thiophene rings is 1. The Morgan fingerprint density at radius 2 is 2.12 bits per heavy atom. The van der Waals surface area contributed by atoms with Crippen LogP contribution in [0.25, 0.3) is 10.2 Å². The van der Waals surface area contributed by atoms with Crippen molar-refractivity contribution in [3.63, 3.8) is 0 Å². The first kappa shape index (κ1) is 17.3. The summed E-state index contributed by atoms with van der Waals surface area (Å²) in [7, 11) is 0. The van der Waals surface area contributed by atoms with Gasteiger partial charge in [0, 0.05) is 12.6 Å². The molecule has 0 saturated carbocycles. The number of carbonyl (C=O) groups is 1. The second-order valence-corrected chi connectivity index (χ2v) is 7.07. The zero-order chi connectivity index (χ0) is 18.0. The van der Waals surface area contributed by atoms with Gasteiger partial charge in [-0.3, -0.25) is 4.79 Å². The molecular formula is C18H19FN4OS. The van der Waals surface area contributed by atoms with Crippen LogP contribution in [-0.2, 0) is 6.54 Å². The lowest BCUT2D eigenvalue weighted by atomic mass is 10.2. The highest BCUT2D eigenvalue weighted by Gasteiger charge is 2.19. The van der Waals surface area contributed by atoms with E-state index in [2.05, 4.69) is 20.6 Å². The van der Waals surface area contributed by atoms with Crippen molar-refractivity contribution in [2.75, 3.05) is 5.32 Å². The highest BCUT2D eigenvalue weighted by Crippen LogP contribution is 2.33. The minimum Gasteiger partial charge on any atom is -0.365 e. The van der Waals surface area contributed by atoms with Gasteiger partial charge in [0.1, 0.15) is 22.8 Å². The molecule has 0 radical (unpaired) electrons. The first-order valence-corrected chi connectivity index (χ1v) is 8.80. The largest absolute Gasteiger partial charge is 0.365 e. The minimum absolute atomic E-state index is 0.0637. The van der Waals surface area contributed by atoms with Crippen molar-refractivity contribution in [3.05, 3.63) is 52.4 Å². The average Bonchev–Trinajstić information content (AvgIpc) is 2.90. The van der Waals surface area contributed by atoms with E-state index in [1.807, 2.05) is 26.8 Å². The quantitative estimate of drug-likeness (QED) is 0.726. The van der Waals surface area contributed by atoms with Crippen LogP contribution < -0.4 is 10.6 Å². The number of aromatic nitrogens is 2. The lowest BCUT2D eigenvalue weighted by Gasteiger charge is -2.08. The monoisotopic (exact) mass is 358 g/mol. The van der Waals surface area contributed by atoms with Crippen LogP contribution in [0.5, 0.6) is 0 Å². The van der Waals surface area contributed by atoms with Gasteiger partial charge in [0.15, 0.2) is 0 Å². The van der Waals surface area contributed by atoms with E-state index in [0.717, 1.165) is 21.3 Å². The summed E-state index contributed by atoms with van der Waals surface area (Å²) in [5, 5.41) is 6.96. The number of anilines is 1. The number of nitrogens with one attached hydrogen (secondary N) is 2. The van der Waals surface area contributed by atoms with Crippen LogP contribution in [0, 0.1) is 12.7 Å². The van der Waals surface area contributed by atoms with Gasteiger partial charge in [-0.15, -0.1) is 11.3 Å². The zero-order valence-electron chi connectivity index (χ0n) is 14.3. The van der Waals surface area contributed by atoms with Crippen molar-refractivity contribution in [3.8, 4) is 0 Å². The molecule has 0 unspecified atom stereocenters. The third kappa shape index (κ3) is 3.76. The Morgan fingerprint density at radius 1 is 1.32 bits per heavy atom. The molecule has 0 aliphatic carbocycles. The molecule has 2 heterocycles. The number of halogens is 1. The number of aryl methyl sites for hydroxylation is 1. The number of hydrogen-bond acceptors (Lipinski definition) is 5. The van der Waals surface area contributed by atoms with E-state index in [9.17, 15) is 9.18 Å². The molecule has 3 rings (SSSR count). The smallest absolute Gasteiger partial charge is 0.261 e. The molecule has 25 heavy (non-hydrogen) atoms. The normalized spacial score (nSPS) is 11.1. The van der Waals surface area contributed by atoms with E-state index in [-0.39, 0.29) is 17.8 Å². The van der Waals surface area contributed by atoms with Crippen LogP contribution in [0.1, 0.15) is 34.6 Å². The van der Waals surface area contributed by atoms with Gasteiger partial charge in [-0.05, 0) is 44.0 Å². The van der Waals surface area contributed by atoms with Gasteiger partial charge < -0.3 is 10.6 Å². The van der Waals surface area contributed by atoms with Gasteiger partial charge in [-0.2, -0.15) is 0 Å². The molecular weight excluding hydrogens is 339 g/mol. The van der Waals surface area contributed by atoms with E-state index in [0.29, 0.717) is 17.2 Å². The molecule has 1 aromatic carbocycles. The zero-order valence-corrected chi connectivity index (χ0v) is 15.1. The van der Waals surface area contributed by atoms with E-state index in [4.69, 9.17) is 0 Å². The number of rotatable bonds is 5. The van der Waals surface area contributed by atoms with Crippen LogP contribution in [0.2, 0.25) is 0 Å². The van der Waals surface area contributed by atoms with Crippen LogP contribution >= 0.6 is 11.3 Å². The summed E-state index contributed by atoms with van der Waals surface area (Å²) < 4.78 is 13.3. The molecule has 1 amide bonds. The Morgan fingerprint density at radius 3 is 2.84 bits per heavy atom. The number of fused-ring (bicyclic) bond motifs is 1. The average molecular weight is 358 g/mol. The molecule has 0 aliphatic heterocycles. The Balaban J connectivity index is 1.91. The van der Waals surface area contributed by atoms with Gasteiger partial charge >= 0.3 is 0 Å². The van der Waals surface area contributed by atoms with Crippen molar-refractivity contribution in [1.29, 1.82) is 0 Å². The summed E-state index contributed by atoms with van der Waals surface area (Å²) >= 11 is 1.35. The molecule has 0 fully saturated rings. The fourth-order valence-electron chi connectivity index (χ4n) is 2.58. The van der Waals surface area contributed by atoms with Crippen molar-refractivity contribution >= 4 is 33.3 Å². The molecule has 0 bridgehead atoms. The predicted octanol–water partition coefficient (Wildman–Crippen LogP) is 3.89. The Kier molecular flexibility index (Phi) is 4.94. The van der Waals surface area contributed by atoms with Crippen molar-refractivity contribution in [2.24, 2.45) is 0 Å². The topological polar surface area (TPSA) is 66.9 Å². The molecule has 2 N–H and O–H groups in total. The van der Waals surface area contributed by atoms with E-state index < -0.39 is 0 Å². The maximum absolute atomic E-state index is 13.3. The van der Waals surface area contributed by atoms with E-state index in [1.165, 1.54) is 29.8 Å². The van der Waals surface area contributed by atoms with Crippen molar-refractivity contribution < 1.29 is 9.18 Å². The lowest BCUT2D eigenvalue weighted by molar-refractivity contribution is 0.0947. The number of nitrogens with zero attached hydrogens (tertiary/aromatic N) is 2. The second-order valence-electron chi connectivity index (χ2n) is 6.07. The molecule has 0 atom stereocenters. The van der Waals surface area contributed by atoms with E-state index >= 15 is 0 Å². The molecule has 0 saturated heterocycles. The van der Waals surface area contributed by atoms with Crippen LogP contribution in [0.4, 0.5) is 10.2 Å².